The molecule has 0 unspecified atom stereocenters. The van der Waals surface area contributed by atoms with Crippen LogP contribution in [-0.2, 0) is 4.79 Å². The molecule has 2 atom stereocenters. The van der Waals surface area contributed by atoms with Gasteiger partial charge in [0.2, 0.25) is 0 Å². The van der Waals surface area contributed by atoms with E-state index in [0.29, 0.717) is 0 Å². The molecule has 1 rings (SSSR count). The number of aldehydes is 1. The summed E-state index contributed by atoms with van der Waals surface area (Å²) in [6.45, 7) is 2.29. The Balaban J connectivity index is 1.99. The normalized spacial score (nSPS) is 21.8. The lowest BCUT2D eigenvalue weighted by molar-refractivity contribution is -0.107. The van der Waals surface area contributed by atoms with Crippen LogP contribution in [0.3, 0.4) is 0 Å². The maximum atomic E-state index is 10.3. The van der Waals surface area contributed by atoms with Crippen molar-refractivity contribution in [3.8, 4) is 0 Å². The molecule has 1 fully saturated rings. The molecular formula is C20H38O. The van der Waals surface area contributed by atoms with E-state index >= 15 is 0 Å². The van der Waals surface area contributed by atoms with Crippen molar-refractivity contribution in [3.05, 3.63) is 0 Å². The highest BCUT2D eigenvalue weighted by molar-refractivity contribution is 5.48. The molecule has 1 heteroatoms. The molecule has 0 bridgehead atoms. The Morgan fingerprint density at radius 1 is 0.762 bits per heavy atom. The molecule has 1 nitrogen and oxygen atoms in total. The van der Waals surface area contributed by atoms with E-state index in [0.717, 1.165) is 31.0 Å². The quantitative estimate of drug-likeness (QED) is 0.257. The van der Waals surface area contributed by atoms with Crippen molar-refractivity contribution in [2.45, 2.75) is 110 Å². The van der Waals surface area contributed by atoms with E-state index in [1.807, 2.05) is 0 Å². The predicted octanol–water partition coefficient (Wildman–Crippen LogP) is 6.69. The molecule has 0 heterocycles. The molecule has 0 aromatic carbocycles. The van der Waals surface area contributed by atoms with Gasteiger partial charge in [-0.05, 0) is 18.3 Å². The summed E-state index contributed by atoms with van der Waals surface area (Å²) >= 11 is 0. The lowest BCUT2D eigenvalue weighted by Gasteiger charge is -2.19. The van der Waals surface area contributed by atoms with Crippen molar-refractivity contribution in [3.63, 3.8) is 0 Å². The van der Waals surface area contributed by atoms with E-state index in [-0.39, 0.29) is 0 Å². The third kappa shape index (κ3) is 9.32. The zero-order chi connectivity index (χ0) is 15.2. The van der Waals surface area contributed by atoms with Crippen LogP contribution >= 0.6 is 0 Å². The lowest BCUT2D eigenvalue weighted by Crippen LogP contribution is -2.08. The van der Waals surface area contributed by atoms with Crippen molar-refractivity contribution >= 4 is 6.29 Å². The summed E-state index contributed by atoms with van der Waals surface area (Å²) in [7, 11) is 0. The molecule has 124 valence electrons. The molecule has 21 heavy (non-hydrogen) atoms. The minimum Gasteiger partial charge on any atom is -0.303 e. The van der Waals surface area contributed by atoms with Crippen LogP contribution in [0.4, 0.5) is 0 Å². The monoisotopic (exact) mass is 294 g/mol. The SMILES string of the molecule is CCCCCCCC[C@H]1CCC[C@@H]1CCCCCCC=O. The second-order valence-corrected chi connectivity index (χ2v) is 7.17. The Hall–Kier alpha value is -0.330. The van der Waals surface area contributed by atoms with Gasteiger partial charge in [0.05, 0.1) is 0 Å². The number of rotatable bonds is 14. The molecule has 0 N–H and O–H groups in total. The van der Waals surface area contributed by atoms with Crippen molar-refractivity contribution in [1.29, 1.82) is 0 Å². The van der Waals surface area contributed by atoms with Gasteiger partial charge in [0.15, 0.2) is 0 Å². The summed E-state index contributed by atoms with van der Waals surface area (Å²) < 4.78 is 0. The average Bonchev–Trinajstić information content (AvgIpc) is 2.94. The van der Waals surface area contributed by atoms with Crippen LogP contribution in [0, 0.1) is 11.8 Å². The molecule has 0 saturated heterocycles. The number of hydrogen-bond acceptors (Lipinski definition) is 1. The molecule has 1 aliphatic carbocycles. The summed E-state index contributed by atoms with van der Waals surface area (Å²) in [5, 5.41) is 0. The van der Waals surface area contributed by atoms with Gasteiger partial charge in [0.25, 0.3) is 0 Å². The van der Waals surface area contributed by atoms with Crippen LogP contribution in [0.25, 0.3) is 0 Å². The number of hydrogen-bond donors (Lipinski definition) is 0. The molecule has 1 aliphatic rings. The van der Waals surface area contributed by atoms with Gasteiger partial charge in [-0.3, -0.25) is 0 Å². The van der Waals surface area contributed by atoms with Gasteiger partial charge in [-0.15, -0.1) is 0 Å². The summed E-state index contributed by atoms with van der Waals surface area (Å²) in [6, 6.07) is 0. The highest BCUT2D eigenvalue weighted by Crippen LogP contribution is 2.38. The van der Waals surface area contributed by atoms with Crippen LogP contribution in [0.15, 0.2) is 0 Å². The van der Waals surface area contributed by atoms with E-state index in [1.54, 1.807) is 0 Å². The molecular weight excluding hydrogens is 256 g/mol. The third-order valence-electron chi connectivity index (χ3n) is 5.39. The van der Waals surface area contributed by atoms with Gasteiger partial charge in [0, 0.05) is 6.42 Å². The molecule has 0 spiro atoms. The molecule has 0 radical (unpaired) electrons. The minimum atomic E-state index is 0.768. The number of carbonyl (C=O) groups excluding carboxylic acids is 1. The Kier molecular flexibility index (Phi) is 11.9. The van der Waals surface area contributed by atoms with Gasteiger partial charge in [-0.1, -0.05) is 96.8 Å². The second-order valence-electron chi connectivity index (χ2n) is 7.17. The molecule has 1 saturated carbocycles. The van der Waals surface area contributed by atoms with Crippen LogP contribution in [-0.4, -0.2) is 6.29 Å². The van der Waals surface area contributed by atoms with E-state index in [2.05, 4.69) is 6.92 Å². The smallest absolute Gasteiger partial charge is 0.119 e. The van der Waals surface area contributed by atoms with Gasteiger partial charge in [-0.25, -0.2) is 0 Å². The van der Waals surface area contributed by atoms with Crippen molar-refractivity contribution in [1.82, 2.24) is 0 Å². The third-order valence-corrected chi connectivity index (χ3v) is 5.39. The standard InChI is InChI=1S/C20H38O/c1-2-3-4-5-7-10-14-19-16-13-17-20(19)15-11-8-6-9-12-18-21/h18-20H,2-17H2,1H3/t19-,20-/m0/s1. The maximum absolute atomic E-state index is 10.3. The zero-order valence-corrected chi connectivity index (χ0v) is 14.5. The summed E-state index contributed by atoms with van der Waals surface area (Å²) in [5.74, 6) is 2.08. The van der Waals surface area contributed by atoms with Crippen LogP contribution in [0.2, 0.25) is 0 Å². The summed E-state index contributed by atoms with van der Waals surface area (Å²) in [4.78, 5) is 10.3. The molecule has 0 aromatic rings. The second kappa shape index (κ2) is 13.3. The summed E-state index contributed by atoms with van der Waals surface area (Å²) in [5.41, 5.74) is 0. The predicted molar refractivity (Wildman–Crippen MR) is 92.6 cm³/mol. The fourth-order valence-corrected chi connectivity index (χ4v) is 4.05. The first-order valence-electron chi connectivity index (χ1n) is 9.82. The van der Waals surface area contributed by atoms with E-state index < -0.39 is 0 Å². The van der Waals surface area contributed by atoms with Crippen LogP contribution < -0.4 is 0 Å². The van der Waals surface area contributed by atoms with Crippen LogP contribution in [0.5, 0.6) is 0 Å². The number of carbonyl (C=O) groups is 1. The minimum absolute atomic E-state index is 0.768. The lowest BCUT2D eigenvalue weighted by atomic mass is 9.86. The number of unbranched alkanes of at least 4 members (excludes halogenated alkanes) is 9. The summed E-state index contributed by atoms with van der Waals surface area (Å²) in [6.07, 6.45) is 23.0. The molecule has 0 amide bonds. The molecule has 0 aromatic heterocycles. The van der Waals surface area contributed by atoms with E-state index in [9.17, 15) is 4.79 Å². The van der Waals surface area contributed by atoms with Crippen molar-refractivity contribution < 1.29 is 4.79 Å². The Morgan fingerprint density at radius 2 is 1.29 bits per heavy atom. The van der Waals surface area contributed by atoms with Crippen molar-refractivity contribution in [2.75, 3.05) is 0 Å². The van der Waals surface area contributed by atoms with E-state index in [4.69, 9.17) is 0 Å². The highest BCUT2D eigenvalue weighted by atomic mass is 16.1. The Morgan fingerprint density at radius 3 is 1.86 bits per heavy atom. The first kappa shape index (κ1) is 18.7. The fraction of sp³-hybridized carbons (Fsp3) is 0.950. The Labute approximate surface area is 133 Å². The van der Waals surface area contributed by atoms with E-state index in [1.165, 1.54) is 89.9 Å². The largest absolute Gasteiger partial charge is 0.303 e. The average molecular weight is 295 g/mol. The van der Waals surface area contributed by atoms with Gasteiger partial charge in [0.1, 0.15) is 6.29 Å². The van der Waals surface area contributed by atoms with Gasteiger partial charge >= 0.3 is 0 Å². The van der Waals surface area contributed by atoms with Crippen LogP contribution in [0.1, 0.15) is 110 Å². The first-order chi connectivity index (χ1) is 10.4. The Bertz CT molecular complexity index is 236. The van der Waals surface area contributed by atoms with Gasteiger partial charge in [-0.2, -0.15) is 0 Å². The van der Waals surface area contributed by atoms with Gasteiger partial charge < -0.3 is 4.79 Å². The zero-order valence-electron chi connectivity index (χ0n) is 14.5. The first-order valence-corrected chi connectivity index (χ1v) is 9.82. The maximum Gasteiger partial charge on any atom is 0.119 e. The molecule has 0 aliphatic heterocycles. The van der Waals surface area contributed by atoms with Crippen molar-refractivity contribution in [2.24, 2.45) is 11.8 Å². The highest BCUT2D eigenvalue weighted by Gasteiger charge is 2.25. The topological polar surface area (TPSA) is 17.1 Å². The fourth-order valence-electron chi connectivity index (χ4n) is 4.05.